The van der Waals surface area contributed by atoms with Gasteiger partial charge in [0.25, 0.3) is 0 Å². The monoisotopic (exact) mass is 289 g/mol. The van der Waals surface area contributed by atoms with Gasteiger partial charge in [-0.3, -0.25) is 0 Å². The Balaban J connectivity index is 2.05. The van der Waals surface area contributed by atoms with Gasteiger partial charge in [0.05, 0.1) is 22.9 Å². The van der Waals surface area contributed by atoms with Crippen LogP contribution < -0.4 is 5.73 Å². The maximum atomic E-state index is 5.92. The third-order valence-electron chi connectivity index (χ3n) is 3.97. The first-order valence-electron chi connectivity index (χ1n) is 7.09. The molecule has 0 amide bonds. The number of rotatable bonds is 1. The summed E-state index contributed by atoms with van der Waals surface area (Å²) in [5.41, 5.74) is 12.3. The number of aryl methyl sites for hydroxylation is 2. The smallest absolute Gasteiger partial charge is 0.201 e. The fraction of sp³-hybridized carbons (Fsp3) is 0.118. The van der Waals surface area contributed by atoms with Crippen LogP contribution in [-0.4, -0.2) is 19.5 Å². The number of aromatic nitrogens is 4. The SMILES string of the molecule is Cc1cc2c(nc(N)n2C)c2ncc(-c3ccccc3)nc12. The van der Waals surface area contributed by atoms with Gasteiger partial charge >= 0.3 is 0 Å². The molecule has 0 saturated heterocycles. The van der Waals surface area contributed by atoms with Crippen LogP contribution in [0, 0.1) is 6.92 Å². The number of nitrogens with two attached hydrogens (primary N) is 1. The van der Waals surface area contributed by atoms with E-state index in [1.54, 1.807) is 6.20 Å². The molecule has 2 aromatic carbocycles. The van der Waals surface area contributed by atoms with Gasteiger partial charge in [-0.1, -0.05) is 30.3 Å². The van der Waals surface area contributed by atoms with Crippen LogP contribution in [0.4, 0.5) is 5.95 Å². The second-order valence-electron chi connectivity index (χ2n) is 5.41. The molecule has 0 atom stereocenters. The number of anilines is 1. The van der Waals surface area contributed by atoms with Crippen LogP contribution in [0.25, 0.3) is 33.3 Å². The Morgan fingerprint density at radius 1 is 1.00 bits per heavy atom. The fourth-order valence-corrected chi connectivity index (χ4v) is 2.73. The van der Waals surface area contributed by atoms with E-state index in [0.717, 1.165) is 38.9 Å². The Bertz CT molecular complexity index is 1000. The lowest BCUT2D eigenvalue weighted by Crippen LogP contribution is -1.96. The molecule has 0 saturated carbocycles. The molecule has 0 aliphatic heterocycles. The maximum Gasteiger partial charge on any atom is 0.201 e. The summed E-state index contributed by atoms with van der Waals surface area (Å²) in [6, 6.07) is 12.1. The Kier molecular flexibility index (Phi) is 2.63. The number of imidazole rings is 1. The molecule has 0 radical (unpaired) electrons. The van der Waals surface area contributed by atoms with Crippen molar-refractivity contribution in [3.05, 3.63) is 48.2 Å². The van der Waals surface area contributed by atoms with Crippen molar-refractivity contribution in [2.75, 3.05) is 5.73 Å². The second kappa shape index (κ2) is 4.53. The van der Waals surface area contributed by atoms with Gasteiger partial charge in [0.15, 0.2) is 0 Å². The quantitative estimate of drug-likeness (QED) is 0.584. The first kappa shape index (κ1) is 12.8. The minimum absolute atomic E-state index is 0.482. The van der Waals surface area contributed by atoms with Crippen molar-refractivity contribution in [2.24, 2.45) is 7.05 Å². The molecule has 4 rings (SSSR count). The van der Waals surface area contributed by atoms with E-state index >= 15 is 0 Å². The highest BCUT2D eigenvalue weighted by Crippen LogP contribution is 2.28. The van der Waals surface area contributed by atoms with Crippen LogP contribution in [-0.2, 0) is 7.05 Å². The summed E-state index contributed by atoms with van der Waals surface area (Å²) in [5, 5.41) is 0. The van der Waals surface area contributed by atoms with Crippen molar-refractivity contribution in [1.29, 1.82) is 0 Å². The lowest BCUT2D eigenvalue weighted by molar-refractivity contribution is 0.964. The van der Waals surface area contributed by atoms with Gasteiger partial charge in [-0.05, 0) is 18.6 Å². The predicted molar refractivity (Wildman–Crippen MR) is 88.4 cm³/mol. The topological polar surface area (TPSA) is 69.6 Å². The summed E-state index contributed by atoms with van der Waals surface area (Å²) in [5.74, 6) is 0.482. The van der Waals surface area contributed by atoms with Gasteiger partial charge in [0.2, 0.25) is 5.95 Å². The summed E-state index contributed by atoms with van der Waals surface area (Å²) < 4.78 is 1.87. The van der Waals surface area contributed by atoms with E-state index in [4.69, 9.17) is 10.7 Å². The Morgan fingerprint density at radius 2 is 1.77 bits per heavy atom. The van der Waals surface area contributed by atoms with Gasteiger partial charge in [-0.2, -0.15) is 0 Å². The predicted octanol–water partition coefficient (Wildman–Crippen LogP) is 3.07. The van der Waals surface area contributed by atoms with Gasteiger partial charge in [-0.15, -0.1) is 0 Å². The molecular formula is C17H15N5. The molecule has 0 bridgehead atoms. The molecule has 2 heterocycles. The molecule has 2 aromatic heterocycles. The summed E-state index contributed by atoms with van der Waals surface area (Å²) in [6.45, 7) is 2.04. The van der Waals surface area contributed by atoms with Crippen molar-refractivity contribution < 1.29 is 0 Å². The molecule has 0 unspecified atom stereocenters. The summed E-state index contributed by atoms with van der Waals surface area (Å²) in [6.07, 6.45) is 1.79. The minimum atomic E-state index is 0.482. The number of hydrogen-bond donors (Lipinski definition) is 1. The standard InChI is InChI=1S/C17H15N5/c1-10-8-13-15(21-17(18)22(13)2)16-14(10)20-12(9-19-16)11-6-4-3-5-7-11/h3-9H,1-2H3,(H2,18,21). The summed E-state index contributed by atoms with van der Waals surface area (Å²) >= 11 is 0. The summed E-state index contributed by atoms with van der Waals surface area (Å²) in [7, 11) is 1.90. The van der Waals surface area contributed by atoms with Crippen LogP contribution in [0.1, 0.15) is 5.56 Å². The molecule has 0 aliphatic carbocycles. The zero-order chi connectivity index (χ0) is 15.3. The molecule has 5 heteroatoms. The maximum absolute atomic E-state index is 5.92. The largest absolute Gasteiger partial charge is 0.369 e. The first-order chi connectivity index (χ1) is 10.6. The van der Waals surface area contributed by atoms with E-state index in [1.165, 1.54) is 0 Å². The van der Waals surface area contributed by atoms with Crippen molar-refractivity contribution in [1.82, 2.24) is 19.5 Å². The summed E-state index contributed by atoms with van der Waals surface area (Å²) in [4.78, 5) is 13.8. The molecule has 108 valence electrons. The highest BCUT2D eigenvalue weighted by molar-refractivity contribution is 6.03. The lowest BCUT2D eigenvalue weighted by Gasteiger charge is -2.06. The Hall–Kier alpha value is -2.95. The number of benzene rings is 2. The third kappa shape index (κ3) is 1.75. The molecular weight excluding hydrogens is 274 g/mol. The van der Waals surface area contributed by atoms with Crippen LogP contribution in [0.3, 0.4) is 0 Å². The average molecular weight is 289 g/mol. The van der Waals surface area contributed by atoms with E-state index in [1.807, 2.05) is 48.9 Å². The average Bonchev–Trinajstić information content (AvgIpc) is 2.84. The zero-order valence-electron chi connectivity index (χ0n) is 12.4. The van der Waals surface area contributed by atoms with E-state index in [9.17, 15) is 0 Å². The molecule has 5 nitrogen and oxygen atoms in total. The highest BCUT2D eigenvalue weighted by atomic mass is 15.1. The molecule has 0 fully saturated rings. The molecule has 2 N–H and O–H groups in total. The van der Waals surface area contributed by atoms with Crippen LogP contribution in [0.5, 0.6) is 0 Å². The fourth-order valence-electron chi connectivity index (χ4n) is 2.73. The third-order valence-corrected chi connectivity index (χ3v) is 3.97. The first-order valence-corrected chi connectivity index (χ1v) is 7.09. The highest BCUT2D eigenvalue weighted by Gasteiger charge is 2.14. The number of nitrogens with zero attached hydrogens (tertiary/aromatic N) is 4. The van der Waals surface area contributed by atoms with Gasteiger partial charge in [0, 0.05) is 12.6 Å². The number of fused-ring (bicyclic) bond motifs is 3. The van der Waals surface area contributed by atoms with E-state index in [2.05, 4.69) is 16.0 Å². The Morgan fingerprint density at radius 3 is 2.55 bits per heavy atom. The zero-order valence-corrected chi connectivity index (χ0v) is 12.4. The Labute approximate surface area is 127 Å². The van der Waals surface area contributed by atoms with E-state index < -0.39 is 0 Å². The van der Waals surface area contributed by atoms with Gasteiger partial charge in [-0.25, -0.2) is 15.0 Å². The van der Waals surface area contributed by atoms with Crippen molar-refractivity contribution in [2.45, 2.75) is 6.92 Å². The lowest BCUT2D eigenvalue weighted by atomic mass is 10.1. The van der Waals surface area contributed by atoms with E-state index in [-0.39, 0.29) is 0 Å². The molecule has 22 heavy (non-hydrogen) atoms. The second-order valence-corrected chi connectivity index (χ2v) is 5.41. The van der Waals surface area contributed by atoms with Crippen LogP contribution in [0.2, 0.25) is 0 Å². The van der Waals surface area contributed by atoms with Crippen molar-refractivity contribution >= 4 is 28.0 Å². The minimum Gasteiger partial charge on any atom is -0.369 e. The number of hydrogen-bond acceptors (Lipinski definition) is 4. The van der Waals surface area contributed by atoms with Gasteiger partial charge < -0.3 is 10.3 Å². The molecule has 4 aromatic rings. The van der Waals surface area contributed by atoms with Crippen LogP contribution in [0.15, 0.2) is 42.6 Å². The van der Waals surface area contributed by atoms with Crippen molar-refractivity contribution in [3.8, 4) is 11.3 Å². The normalized spacial score (nSPS) is 11.4. The van der Waals surface area contributed by atoms with E-state index in [0.29, 0.717) is 5.95 Å². The van der Waals surface area contributed by atoms with Crippen molar-refractivity contribution in [3.63, 3.8) is 0 Å². The van der Waals surface area contributed by atoms with Crippen LogP contribution >= 0.6 is 0 Å². The molecule has 0 aliphatic rings. The van der Waals surface area contributed by atoms with Gasteiger partial charge in [0.1, 0.15) is 11.0 Å². The molecule has 0 spiro atoms. The number of nitrogen functional groups attached to an aromatic ring is 1.